The van der Waals surface area contributed by atoms with Gasteiger partial charge in [0.25, 0.3) is 0 Å². The Labute approximate surface area is 157 Å². The number of rotatable bonds is 5. The SMILES string of the molecule is O=C(O)c1c(NS(=O)(=O)CC(F)(F)F)c(-c2ccccc2)nc2ccccc12. The van der Waals surface area contributed by atoms with Crippen LogP contribution in [-0.4, -0.2) is 36.4 Å². The van der Waals surface area contributed by atoms with Gasteiger partial charge in [-0.15, -0.1) is 0 Å². The van der Waals surface area contributed by atoms with Crippen molar-refractivity contribution in [2.24, 2.45) is 0 Å². The maximum absolute atomic E-state index is 12.6. The molecule has 1 heterocycles. The summed E-state index contributed by atoms with van der Waals surface area (Å²) < 4.78 is 63.8. The number of anilines is 1. The third kappa shape index (κ3) is 4.22. The molecule has 0 spiro atoms. The smallest absolute Gasteiger partial charge is 0.404 e. The normalized spacial score (nSPS) is 12.1. The fourth-order valence-electron chi connectivity index (χ4n) is 2.75. The number of aromatic nitrogens is 1. The second-order valence-electron chi connectivity index (χ2n) is 5.88. The molecule has 146 valence electrons. The van der Waals surface area contributed by atoms with Gasteiger partial charge in [-0.1, -0.05) is 48.5 Å². The third-order valence-corrected chi connectivity index (χ3v) is 4.99. The van der Waals surface area contributed by atoms with Crippen LogP contribution in [0.25, 0.3) is 22.2 Å². The van der Waals surface area contributed by atoms with Gasteiger partial charge < -0.3 is 5.11 Å². The molecule has 0 aliphatic rings. The van der Waals surface area contributed by atoms with Crippen LogP contribution in [-0.2, 0) is 10.0 Å². The zero-order valence-corrected chi connectivity index (χ0v) is 14.9. The zero-order chi connectivity index (χ0) is 20.5. The van der Waals surface area contributed by atoms with E-state index >= 15 is 0 Å². The van der Waals surface area contributed by atoms with E-state index in [4.69, 9.17) is 0 Å². The number of benzene rings is 2. The minimum absolute atomic E-state index is 0.0811. The van der Waals surface area contributed by atoms with E-state index in [2.05, 4.69) is 4.98 Å². The van der Waals surface area contributed by atoms with Gasteiger partial charge >= 0.3 is 12.1 Å². The molecule has 2 aromatic carbocycles. The number of hydrogen-bond acceptors (Lipinski definition) is 4. The largest absolute Gasteiger partial charge is 0.478 e. The van der Waals surface area contributed by atoms with Crippen LogP contribution in [0.15, 0.2) is 54.6 Å². The molecular weight excluding hydrogens is 397 g/mol. The van der Waals surface area contributed by atoms with E-state index in [1.54, 1.807) is 41.1 Å². The minimum Gasteiger partial charge on any atom is -0.478 e. The number of hydrogen-bond donors (Lipinski definition) is 2. The van der Waals surface area contributed by atoms with Crippen molar-refractivity contribution in [2.45, 2.75) is 6.18 Å². The highest BCUT2D eigenvalue weighted by atomic mass is 32.2. The lowest BCUT2D eigenvalue weighted by Gasteiger charge is -2.17. The molecule has 0 aliphatic heterocycles. The van der Waals surface area contributed by atoms with Crippen molar-refractivity contribution in [3.8, 4) is 11.3 Å². The minimum atomic E-state index is -4.99. The van der Waals surface area contributed by atoms with Crippen LogP contribution >= 0.6 is 0 Å². The fraction of sp³-hybridized carbons (Fsp3) is 0.111. The van der Waals surface area contributed by atoms with Gasteiger partial charge in [0.15, 0.2) is 5.75 Å². The molecule has 6 nitrogen and oxygen atoms in total. The molecule has 0 amide bonds. The number of para-hydroxylation sites is 1. The van der Waals surface area contributed by atoms with Crippen molar-refractivity contribution in [1.82, 2.24) is 4.98 Å². The number of halogens is 3. The average molecular weight is 410 g/mol. The van der Waals surface area contributed by atoms with E-state index in [-0.39, 0.29) is 16.6 Å². The van der Waals surface area contributed by atoms with Crippen LogP contribution in [0, 0.1) is 0 Å². The summed E-state index contributed by atoms with van der Waals surface area (Å²) in [6.07, 6.45) is -4.99. The Morgan fingerprint density at radius 1 is 1.04 bits per heavy atom. The summed E-state index contributed by atoms with van der Waals surface area (Å²) in [5, 5.41) is 9.78. The standard InChI is InChI=1S/C18H13F3N2O4S/c19-18(20,21)10-28(26,27)23-16-14(17(24)25)12-8-4-5-9-13(12)22-15(16)11-6-2-1-3-7-11/h1-9,23H,10H2,(H,24,25). The number of carboxylic acids is 1. The predicted molar refractivity (Wildman–Crippen MR) is 97.6 cm³/mol. The number of fused-ring (bicyclic) bond motifs is 1. The maximum Gasteiger partial charge on any atom is 0.404 e. The molecule has 0 fully saturated rings. The Kier molecular flexibility index (Phi) is 4.99. The Balaban J connectivity index is 2.32. The number of alkyl halides is 3. The molecule has 0 radical (unpaired) electrons. The van der Waals surface area contributed by atoms with Crippen molar-refractivity contribution in [3.05, 3.63) is 60.2 Å². The highest BCUT2D eigenvalue weighted by molar-refractivity contribution is 7.92. The molecule has 2 N–H and O–H groups in total. The topological polar surface area (TPSA) is 96.4 Å². The van der Waals surface area contributed by atoms with Crippen LogP contribution in [0.4, 0.5) is 18.9 Å². The van der Waals surface area contributed by atoms with Gasteiger partial charge in [0, 0.05) is 10.9 Å². The number of aromatic carboxylic acids is 1. The highest BCUT2D eigenvalue weighted by Gasteiger charge is 2.36. The molecular formula is C18H13F3N2O4S. The predicted octanol–water partition coefficient (Wildman–Crippen LogP) is 3.90. The Morgan fingerprint density at radius 3 is 2.25 bits per heavy atom. The fourth-order valence-corrected chi connectivity index (χ4v) is 3.76. The van der Waals surface area contributed by atoms with Gasteiger partial charge in [-0.05, 0) is 6.07 Å². The summed E-state index contributed by atoms with van der Waals surface area (Å²) in [5.74, 6) is -3.65. The number of pyridine rings is 1. The van der Waals surface area contributed by atoms with Crippen LogP contribution in [0.1, 0.15) is 10.4 Å². The van der Waals surface area contributed by atoms with Gasteiger partial charge in [-0.3, -0.25) is 4.72 Å². The van der Waals surface area contributed by atoms with Crippen LogP contribution in [0.3, 0.4) is 0 Å². The van der Waals surface area contributed by atoms with Gasteiger partial charge in [0.1, 0.15) is 0 Å². The Morgan fingerprint density at radius 2 is 1.64 bits per heavy atom. The molecule has 1 aromatic heterocycles. The number of nitrogens with one attached hydrogen (secondary N) is 1. The van der Waals surface area contributed by atoms with Crippen molar-refractivity contribution in [3.63, 3.8) is 0 Å². The summed E-state index contributed by atoms with van der Waals surface area (Å²) >= 11 is 0. The van der Waals surface area contributed by atoms with Gasteiger partial charge in [0.2, 0.25) is 10.0 Å². The molecule has 3 aromatic rings. The second-order valence-corrected chi connectivity index (χ2v) is 7.60. The zero-order valence-electron chi connectivity index (χ0n) is 14.1. The lowest BCUT2D eigenvalue weighted by atomic mass is 10.0. The van der Waals surface area contributed by atoms with E-state index < -0.39 is 39.2 Å². The third-order valence-electron chi connectivity index (χ3n) is 3.76. The summed E-state index contributed by atoms with van der Waals surface area (Å²) in [5.41, 5.74) is -0.461. The maximum atomic E-state index is 12.6. The molecule has 0 unspecified atom stereocenters. The number of carbonyl (C=O) groups is 1. The lowest BCUT2D eigenvalue weighted by Crippen LogP contribution is -2.29. The molecule has 0 saturated carbocycles. The quantitative estimate of drug-likeness (QED) is 0.665. The lowest BCUT2D eigenvalue weighted by molar-refractivity contribution is -0.106. The first kappa shape index (κ1) is 19.6. The summed E-state index contributed by atoms with van der Waals surface area (Å²) in [6, 6.07) is 14.1. The van der Waals surface area contributed by atoms with Crippen LogP contribution in [0.5, 0.6) is 0 Å². The van der Waals surface area contributed by atoms with E-state index in [1.165, 1.54) is 18.2 Å². The van der Waals surface area contributed by atoms with E-state index in [9.17, 15) is 31.5 Å². The van der Waals surface area contributed by atoms with Crippen LogP contribution < -0.4 is 4.72 Å². The molecule has 0 bridgehead atoms. The van der Waals surface area contributed by atoms with Gasteiger partial charge in [-0.25, -0.2) is 18.2 Å². The van der Waals surface area contributed by atoms with Crippen molar-refractivity contribution >= 4 is 32.6 Å². The summed E-state index contributed by atoms with van der Waals surface area (Å²) in [4.78, 5) is 16.2. The molecule has 0 atom stereocenters. The van der Waals surface area contributed by atoms with E-state index in [0.29, 0.717) is 5.56 Å². The first-order valence-electron chi connectivity index (χ1n) is 7.86. The monoisotopic (exact) mass is 410 g/mol. The first-order valence-corrected chi connectivity index (χ1v) is 9.51. The van der Waals surface area contributed by atoms with Crippen molar-refractivity contribution < 1.29 is 31.5 Å². The van der Waals surface area contributed by atoms with Gasteiger partial charge in [0.05, 0.1) is 22.5 Å². The average Bonchev–Trinajstić information content (AvgIpc) is 2.59. The van der Waals surface area contributed by atoms with Crippen LogP contribution in [0.2, 0.25) is 0 Å². The number of carboxylic acid groups (broad SMARTS) is 1. The summed E-state index contributed by atoms with van der Waals surface area (Å²) in [6.45, 7) is 0. The second kappa shape index (κ2) is 7.12. The highest BCUT2D eigenvalue weighted by Crippen LogP contribution is 2.35. The Hall–Kier alpha value is -3.14. The molecule has 0 saturated heterocycles. The number of nitrogens with zero attached hydrogens (tertiary/aromatic N) is 1. The number of sulfonamides is 1. The van der Waals surface area contributed by atoms with E-state index in [0.717, 1.165) is 0 Å². The molecule has 0 aliphatic carbocycles. The molecule has 3 rings (SSSR count). The van der Waals surface area contributed by atoms with Crippen molar-refractivity contribution in [1.29, 1.82) is 0 Å². The molecule has 28 heavy (non-hydrogen) atoms. The van der Waals surface area contributed by atoms with E-state index in [1.807, 2.05) is 0 Å². The Bertz CT molecular complexity index is 1150. The molecule has 10 heteroatoms. The summed E-state index contributed by atoms with van der Waals surface area (Å²) in [7, 11) is -4.93. The van der Waals surface area contributed by atoms with Gasteiger partial charge in [-0.2, -0.15) is 13.2 Å². The van der Waals surface area contributed by atoms with Crippen molar-refractivity contribution in [2.75, 3.05) is 10.5 Å². The first-order chi connectivity index (χ1) is 13.1.